The molecule has 1 aliphatic rings. The van der Waals surface area contributed by atoms with Gasteiger partial charge in [0.25, 0.3) is 0 Å². The summed E-state index contributed by atoms with van der Waals surface area (Å²) in [5.74, 6) is -0.0795. The van der Waals surface area contributed by atoms with Crippen LogP contribution in [0.15, 0.2) is 54.6 Å². The second-order valence-corrected chi connectivity index (χ2v) is 6.81. The van der Waals surface area contributed by atoms with Crippen LogP contribution in [0.25, 0.3) is 0 Å². The maximum Gasteiger partial charge on any atom is 0.323 e. The van der Waals surface area contributed by atoms with Crippen molar-refractivity contribution in [3.63, 3.8) is 0 Å². The Morgan fingerprint density at radius 2 is 1.66 bits per heavy atom. The normalized spacial score (nSPS) is 19.4. The molecule has 2 aromatic carbocycles. The van der Waals surface area contributed by atoms with E-state index in [9.17, 15) is 9.59 Å². The van der Waals surface area contributed by atoms with Gasteiger partial charge in [0.2, 0.25) is 5.91 Å². The molecule has 7 nitrogen and oxygen atoms in total. The highest BCUT2D eigenvalue weighted by Crippen LogP contribution is 2.17. The number of morpholine rings is 1. The quantitative estimate of drug-likeness (QED) is 0.599. The van der Waals surface area contributed by atoms with Crippen LogP contribution in [0.3, 0.4) is 0 Å². The Morgan fingerprint density at radius 1 is 1.03 bits per heavy atom. The molecule has 3 rings (SSSR count). The number of nitrogens with one attached hydrogen (secondary N) is 4. The first-order chi connectivity index (χ1) is 13.5. The number of carbonyl (C=O) groups excluding carboxylic acids is 2. The van der Waals surface area contributed by atoms with Gasteiger partial charge in [-0.3, -0.25) is 4.79 Å². The van der Waals surface area contributed by atoms with Crippen molar-refractivity contribution in [3.8, 4) is 0 Å². The van der Waals surface area contributed by atoms with Gasteiger partial charge in [-0.2, -0.15) is 0 Å². The van der Waals surface area contributed by atoms with Crippen molar-refractivity contribution in [3.05, 3.63) is 60.2 Å². The topological polar surface area (TPSA) is 91.5 Å². The first-order valence-electron chi connectivity index (χ1n) is 9.41. The molecule has 29 heavy (non-hydrogen) atoms. The van der Waals surface area contributed by atoms with Crippen molar-refractivity contribution in [2.45, 2.75) is 32.0 Å². The Bertz CT molecular complexity index is 801. The van der Waals surface area contributed by atoms with E-state index in [0.717, 1.165) is 11.3 Å². The Labute approximate surface area is 177 Å². The summed E-state index contributed by atoms with van der Waals surface area (Å²) in [6.45, 7) is 5.11. The molecule has 3 atom stereocenters. The molecule has 0 saturated carbocycles. The van der Waals surface area contributed by atoms with Crippen molar-refractivity contribution in [2.75, 3.05) is 23.8 Å². The fraction of sp³-hybridized carbons (Fsp3) is 0.333. The Hall–Kier alpha value is -2.61. The summed E-state index contributed by atoms with van der Waals surface area (Å²) in [5.41, 5.74) is 2.35. The van der Waals surface area contributed by atoms with Gasteiger partial charge >= 0.3 is 6.03 Å². The van der Waals surface area contributed by atoms with Crippen molar-refractivity contribution in [1.82, 2.24) is 10.6 Å². The van der Waals surface area contributed by atoms with Crippen molar-refractivity contribution < 1.29 is 14.3 Å². The predicted octanol–water partition coefficient (Wildman–Crippen LogP) is 3.31. The van der Waals surface area contributed by atoms with Gasteiger partial charge in [0.15, 0.2) is 0 Å². The smallest absolute Gasteiger partial charge is 0.323 e. The molecule has 0 bridgehead atoms. The van der Waals surface area contributed by atoms with E-state index in [1.165, 1.54) is 0 Å². The molecular formula is C21H27ClN4O3. The van der Waals surface area contributed by atoms with E-state index in [1.54, 1.807) is 0 Å². The number of para-hydroxylation sites is 1. The maximum absolute atomic E-state index is 12.5. The summed E-state index contributed by atoms with van der Waals surface area (Å²) >= 11 is 0. The summed E-state index contributed by atoms with van der Waals surface area (Å²) in [6, 6.07) is 15.8. The van der Waals surface area contributed by atoms with Gasteiger partial charge in [-0.15, -0.1) is 12.4 Å². The zero-order valence-electron chi connectivity index (χ0n) is 16.5. The van der Waals surface area contributed by atoms with Gasteiger partial charge in [-0.25, -0.2) is 4.79 Å². The van der Waals surface area contributed by atoms with Gasteiger partial charge in [0.1, 0.15) is 6.04 Å². The molecule has 0 radical (unpaired) electrons. The van der Waals surface area contributed by atoms with E-state index in [0.29, 0.717) is 18.8 Å². The van der Waals surface area contributed by atoms with Gasteiger partial charge in [0.05, 0.1) is 18.8 Å². The predicted molar refractivity (Wildman–Crippen MR) is 117 cm³/mol. The average molecular weight is 419 g/mol. The maximum atomic E-state index is 12.5. The second kappa shape index (κ2) is 10.8. The van der Waals surface area contributed by atoms with E-state index in [-0.39, 0.29) is 42.5 Å². The van der Waals surface area contributed by atoms with E-state index in [2.05, 4.69) is 21.3 Å². The van der Waals surface area contributed by atoms with Gasteiger partial charge in [-0.1, -0.05) is 30.3 Å². The van der Waals surface area contributed by atoms with E-state index in [1.807, 2.05) is 68.4 Å². The Morgan fingerprint density at radius 3 is 2.28 bits per heavy atom. The molecule has 1 heterocycles. The van der Waals surface area contributed by atoms with E-state index < -0.39 is 0 Å². The van der Waals surface area contributed by atoms with Crippen LogP contribution in [0, 0.1) is 0 Å². The van der Waals surface area contributed by atoms with Crippen molar-refractivity contribution in [1.29, 1.82) is 0 Å². The third-order valence-corrected chi connectivity index (χ3v) is 4.66. The molecule has 1 aliphatic heterocycles. The number of carbonyl (C=O) groups is 2. The third kappa shape index (κ3) is 6.45. The minimum Gasteiger partial charge on any atom is -0.375 e. The number of hydrogen-bond donors (Lipinski definition) is 4. The number of halogens is 1. The molecule has 0 aliphatic carbocycles. The van der Waals surface area contributed by atoms with E-state index >= 15 is 0 Å². The first kappa shape index (κ1) is 22.7. The van der Waals surface area contributed by atoms with Crippen LogP contribution in [0.4, 0.5) is 16.2 Å². The van der Waals surface area contributed by atoms with Crippen molar-refractivity contribution in [2.24, 2.45) is 0 Å². The van der Waals surface area contributed by atoms with Crippen LogP contribution in [0.1, 0.15) is 25.5 Å². The Balaban J connectivity index is 0.00000300. The number of amides is 3. The van der Waals surface area contributed by atoms with E-state index in [4.69, 9.17) is 4.74 Å². The molecular weight excluding hydrogens is 392 g/mol. The standard InChI is InChI=1S/C21H26N4O3.ClH/c1-14(23-20(26)19-15(2)28-13-12-22-19)16-8-10-18(11-9-16)25-21(27)24-17-6-4-3-5-7-17;/h3-11,14-15,19,22H,12-13H2,1-2H3,(H,23,26)(H2,24,25,27);1H/t14?,15-,19+;/m1./s1. The fourth-order valence-corrected chi connectivity index (χ4v) is 3.08. The molecule has 0 spiro atoms. The summed E-state index contributed by atoms with van der Waals surface area (Å²) in [5, 5.41) is 11.8. The van der Waals surface area contributed by atoms with Crippen LogP contribution in [0.2, 0.25) is 0 Å². The third-order valence-electron chi connectivity index (χ3n) is 4.66. The molecule has 1 fully saturated rings. The number of anilines is 2. The molecule has 8 heteroatoms. The lowest BCUT2D eigenvalue weighted by molar-refractivity contribution is -0.129. The first-order valence-corrected chi connectivity index (χ1v) is 9.41. The van der Waals surface area contributed by atoms with Crippen LogP contribution in [-0.2, 0) is 9.53 Å². The molecule has 156 valence electrons. The largest absolute Gasteiger partial charge is 0.375 e. The summed E-state index contributed by atoms with van der Waals surface area (Å²) < 4.78 is 5.52. The van der Waals surface area contributed by atoms with Gasteiger partial charge < -0.3 is 26.0 Å². The lowest BCUT2D eigenvalue weighted by Crippen LogP contribution is -2.55. The average Bonchev–Trinajstić information content (AvgIpc) is 2.69. The van der Waals surface area contributed by atoms with Crippen LogP contribution >= 0.6 is 12.4 Å². The Kier molecular flexibility index (Phi) is 8.45. The monoisotopic (exact) mass is 418 g/mol. The fourth-order valence-electron chi connectivity index (χ4n) is 3.08. The molecule has 0 aromatic heterocycles. The lowest BCUT2D eigenvalue weighted by atomic mass is 10.1. The second-order valence-electron chi connectivity index (χ2n) is 6.81. The number of urea groups is 1. The molecule has 4 N–H and O–H groups in total. The molecule has 1 saturated heterocycles. The molecule has 1 unspecified atom stereocenters. The molecule has 3 amide bonds. The van der Waals surface area contributed by atoms with Gasteiger partial charge in [-0.05, 0) is 43.7 Å². The van der Waals surface area contributed by atoms with Crippen molar-refractivity contribution >= 4 is 35.7 Å². The van der Waals surface area contributed by atoms with Crippen LogP contribution in [-0.4, -0.2) is 37.2 Å². The lowest BCUT2D eigenvalue weighted by Gasteiger charge is -2.30. The highest BCUT2D eigenvalue weighted by molar-refractivity contribution is 5.99. The molecule has 2 aromatic rings. The highest BCUT2D eigenvalue weighted by Gasteiger charge is 2.29. The minimum atomic E-state index is -0.348. The van der Waals surface area contributed by atoms with Crippen LogP contribution in [0.5, 0.6) is 0 Å². The summed E-state index contributed by atoms with van der Waals surface area (Å²) in [6.07, 6.45) is -0.157. The number of rotatable bonds is 5. The SMILES string of the molecule is CC(NC(=O)[C@H]1NCCO[C@@H]1C)c1ccc(NC(=O)Nc2ccccc2)cc1.Cl. The number of ether oxygens (including phenoxy) is 1. The summed E-state index contributed by atoms with van der Waals surface area (Å²) in [7, 11) is 0. The minimum absolute atomic E-state index is 0. The highest BCUT2D eigenvalue weighted by atomic mass is 35.5. The summed E-state index contributed by atoms with van der Waals surface area (Å²) in [4.78, 5) is 24.5. The van der Waals surface area contributed by atoms with Gasteiger partial charge in [0, 0.05) is 17.9 Å². The number of benzene rings is 2. The number of hydrogen-bond acceptors (Lipinski definition) is 4. The van der Waals surface area contributed by atoms with Crippen LogP contribution < -0.4 is 21.3 Å². The zero-order chi connectivity index (χ0) is 19.9. The zero-order valence-corrected chi connectivity index (χ0v) is 17.3.